The zero-order valence-electron chi connectivity index (χ0n) is 11.2. The summed E-state index contributed by atoms with van der Waals surface area (Å²) in [5.74, 6) is 0.411. The van der Waals surface area contributed by atoms with Gasteiger partial charge in [0.15, 0.2) is 0 Å². The lowest BCUT2D eigenvalue weighted by atomic mass is 10.1. The van der Waals surface area contributed by atoms with Crippen molar-refractivity contribution in [3.05, 3.63) is 52.1 Å². The molecule has 104 valence electrons. The largest absolute Gasteiger partial charge is 0.489 e. The third-order valence-electron chi connectivity index (χ3n) is 2.75. The van der Waals surface area contributed by atoms with Gasteiger partial charge in [0.2, 0.25) is 0 Å². The Kier molecular flexibility index (Phi) is 5.00. The number of halogens is 1. The lowest BCUT2D eigenvalue weighted by Gasteiger charge is -2.10. The fraction of sp³-hybridized carbons (Fsp3) is 0.188. The Balaban J connectivity index is 2.02. The average molecular weight is 382 g/mol. The molecule has 0 aliphatic heterocycles. The van der Waals surface area contributed by atoms with Crippen LogP contribution in [0.1, 0.15) is 6.92 Å². The summed E-state index contributed by atoms with van der Waals surface area (Å²) < 4.78 is 11.9. The van der Waals surface area contributed by atoms with Gasteiger partial charge in [-0.05, 0) is 47.0 Å². The summed E-state index contributed by atoms with van der Waals surface area (Å²) in [7, 11) is 0. The minimum absolute atomic E-state index is 0.214. The zero-order valence-corrected chi connectivity index (χ0v) is 13.3. The van der Waals surface area contributed by atoms with Crippen LogP contribution < -0.4 is 4.74 Å². The van der Waals surface area contributed by atoms with Gasteiger partial charge < -0.3 is 9.47 Å². The summed E-state index contributed by atoms with van der Waals surface area (Å²) >= 11 is 2.30. The SMILES string of the molecule is C=C(C)C(=O)OCCOc1ccc(I)c2ccccc12. The lowest BCUT2D eigenvalue weighted by Crippen LogP contribution is -2.12. The number of rotatable bonds is 5. The van der Waals surface area contributed by atoms with Crippen LogP contribution in [0.3, 0.4) is 0 Å². The number of fused-ring (bicyclic) bond motifs is 1. The van der Waals surface area contributed by atoms with Crippen molar-refractivity contribution in [2.75, 3.05) is 13.2 Å². The van der Waals surface area contributed by atoms with Crippen molar-refractivity contribution in [1.82, 2.24) is 0 Å². The lowest BCUT2D eigenvalue weighted by molar-refractivity contribution is -0.139. The van der Waals surface area contributed by atoms with Gasteiger partial charge in [-0.3, -0.25) is 0 Å². The second kappa shape index (κ2) is 6.74. The van der Waals surface area contributed by atoms with Crippen molar-refractivity contribution in [3.8, 4) is 5.75 Å². The van der Waals surface area contributed by atoms with Crippen LogP contribution in [-0.2, 0) is 9.53 Å². The van der Waals surface area contributed by atoms with Gasteiger partial charge in [-0.2, -0.15) is 0 Å². The van der Waals surface area contributed by atoms with E-state index in [9.17, 15) is 4.79 Å². The van der Waals surface area contributed by atoms with Gasteiger partial charge in [-0.1, -0.05) is 30.8 Å². The first kappa shape index (κ1) is 14.8. The summed E-state index contributed by atoms with van der Waals surface area (Å²) in [6.07, 6.45) is 0. The van der Waals surface area contributed by atoms with Crippen LogP contribution in [0.15, 0.2) is 48.6 Å². The fourth-order valence-electron chi connectivity index (χ4n) is 1.77. The molecule has 0 aliphatic rings. The Morgan fingerprint density at radius 2 is 1.85 bits per heavy atom. The second-order valence-electron chi connectivity index (χ2n) is 4.36. The van der Waals surface area contributed by atoms with E-state index in [1.165, 1.54) is 3.57 Å². The number of hydrogen-bond acceptors (Lipinski definition) is 3. The normalized spacial score (nSPS) is 10.3. The molecule has 0 spiro atoms. The van der Waals surface area contributed by atoms with E-state index in [0.29, 0.717) is 12.2 Å². The molecule has 0 fully saturated rings. The van der Waals surface area contributed by atoms with Crippen molar-refractivity contribution < 1.29 is 14.3 Å². The van der Waals surface area contributed by atoms with Crippen LogP contribution in [0.2, 0.25) is 0 Å². The predicted molar refractivity (Wildman–Crippen MR) is 87.9 cm³/mol. The van der Waals surface area contributed by atoms with Crippen molar-refractivity contribution in [1.29, 1.82) is 0 Å². The molecule has 0 saturated carbocycles. The number of carbonyl (C=O) groups is 1. The Labute approximate surface area is 131 Å². The van der Waals surface area contributed by atoms with E-state index >= 15 is 0 Å². The minimum atomic E-state index is -0.388. The highest BCUT2D eigenvalue weighted by atomic mass is 127. The predicted octanol–water partition coefficient (Wildman–Crippen LogP) is 3.94. The molecule has 0 heterocycles. The molecule has 0 atom stereocenters. The van der Waals surface area contributed by atoms with Crippen LogP contribution >= 0.6 is 22.6 Å². The monoisotopic (exact) mass is 382 g/mol. The zero-order chi connectivity index (χ0) is 14.5. The van der Waals surface area contributed by atoms with Crippen LogP contribution in [0.25, 0.3) is 10.8 Å². The number of carbonyl (C=O) groups excluding carboxylic acids is 1. The van der Waals surface area contributed by atoms with Crippen LogP contribution in [0.4, 0.5) is 0 Å². The quantitative estimate of drug-likeness (QED) is 0.340. The number of benzene rings is 2. The molecule has 0 unspecified atom stereocenters. The Morgan fingerprint density at radius 1 is 1.15 bits per heavy atom. The molecular formula is C16H15IO3. The van der Waals surface area contributed by atoms with E-state index in [4.69, 9.17) is 9.47 Å². The molecule has 2 aromatic carbocycles. The first-order valence-corrected chi connectivity index (χ1v) is 7.30. The van der Waals surface area contributed by atoms with Gasteiger partial charge >= 0.3 is 5.97 Å². The smallest absolute Gasteiger partial charge is 0.333 e. The molecule has 0 aliphatic carbocycles. The first-order valence-electron chi connectivity index (χ1n) is 6.22. The minimum Gasteiger partial charge on any atom is -0.489 e. The molecule has 0 radical (unpaired) electrons. The van der Waals surface area contributed by atoms with Crippen LogP contribution in [0, 0.1) is 3.57 Å². The van der Waals surface area contributed by atoms with E-state index in [0.717, 1.165) is 16.5 Å². The molecular weight excluding hydrogens is 367 g/mol. The maximum Gasteiger partial charge on any atom is 0.333 e. The van der Waals surface area contributed by atoms with E-state index in [-0.39, 0.29) is 12.6 Å². The molecule has 0 amide bonds. The van der Waals surface area contributed by atoms with E-state index in [2.05, 4.69) is 35.2 Å². The Morgan fingerprint density at radius 3 is 2.55 bits per heavy atom. The van der Waals surface area contributed by atoms with Gasteiger partial charge in [-0.15, -0.1) is 0 Å². The number of ether oxygens (including phenoxy) is 2. The molecule has 2 rings (SSSR count). The highest BCUT2D eigenvalue weighted by molar-refractivity contribution is 14.1. The topological polar surface area (TPSA) is 35.5 Å². The van der Waals surface area contributed by atoms with Gasteiger partial charge in [0.05, 0.1) is 0 Å². The van der Waals surface area contributed by atoms with Crippen molar-refractivity contribution in [2.24, 2.45) is 0 Å². The summed E-state index contributed by atoms with van der Waals surface area (Å²) in [5.41, 5.74) is 0.393. The summed E-state index contributed by atoms with van der Waals surface area (Å²) in [5, 5.41) is 2.22. The number of hydrogen-bond donors (Lipinski definition) is 0. The highest BCUT2D eigenvalue weighted by Crippen LogP contribution is 2.29. The molecule has 4 heteroatoms. The average Bonchev–Trinajstić information content (AvgIpc) is 2.45. The maximum absolute atomic E-state index is 11.2. The standard InChI is InChI=1S/C16H15IO3/c1-11(2)16(18)20-10-9-19-15-8-7-14(17)12-5-3-4-6-13(12)15/h3-8H,1,9-10H2,2H3. The second-order valence-corrected chi connectivity index (χ2v) is 5.52. The van der Waals surface area contributed by atoms with E-state index < -0.39 is 0 Å². The third-order valence-corrected chi connectivity index (χ3v) is 3.69. The molecule has 0 N–H and O–H groups in total. The molecule has 0 aromatic heterocycles. The summed E-state index contributed by atoms with van der Waals surface area (Å²) in [6.45, 7) is 5.68. The molecule has 20 heavy (non-hydrogen) atoms. The van der Waals surface area contributed by atoms with Crippen molar-refractivity contribution in [3.63, 3.8) is 0 Å². The van der Waals surface area contributed by atoms with Crippen molar-refractivity contribution in [2.45, 2.75) is 6.92 Å². The fourth-order valence-corrected chi connectivity index (χ4v) is 2.42. The van der Waals surface area contributed by atoms with Crippen molar-refractivity contribution >= 4 is 39.3 Å². The van der Waals surface area contributed by atoms with Crippen LogP contribution in [-0.4, -0.2) is 19.2 Å². The number of esters is 1. The Hall–Kier alpha value is -1.56. The van der Waals surface area contributed by atoms with Gasteiger partial charge in [0, 0.05) is 14.5 Å². The third kappa shape index (κ3) is 3.50. The molecule has 3 nitrogen and oxygen atoms in total. The van der Waals surface area contributed by atoms with Gasteiger partial charge in [0.25, 0.3) is 0 Å². The Bertz CT molecular complexity index is 649. The highest BCUT2D eigenvalue weighted by Gasteiger charge is 2.06. The molecule has 0 saturated heterocycles. The summed E-state index contributed by atoms with van der Waals surface area (Å²) in [4.78, 5) is 11.2. The first-order chi connectivity index (χ1) is 9.59. The summed E-state index contributed by atoms with van der Waals surface area (Å²) in [6, 6.07) is 12.0. The molecule has 2 aromatic rings. The van der Waals surface area contributed by atoms with E-state index in [1.54, 1.807) is 6.92 Å². The van der Waals surface area contributed by atoms with Crippen LogP contribution in [0.5, 0.6) is 5.75 Å². The molecule has 0 bridgehead atoms. The van der Waals surface area contributed by atoms with Gasteiger partial charge in [0.1, 0.15) is 19.0 Å². The maximum atomic E-state index is 11.2. The van der Waals surface area contributed by atoms with Gasteiger partial charge in [-0.25, -0.2) is 4.79 Å². The van der Waals surface area contributed by atoms with E-state index in [1.807, 2.05) is 30.3 Å².